The molecule has 0 aliphatic carbocycles. The summed E-state index contributed by atoms with van der Waals surface area (Å²) >= 11 is 0. The van der Waals surface area contributed by atoms with Gasteiger partial charge >= 0.3 is 19.8 Å². The van der Waals surface area contributed by atoms with E-state index in [4.69, 9.17) is 24.3 Å². The Hall–Kier alpha value is -1.51. The second-order valence-electron chi connectivity index (χ2n) is 22.0. The second kappa shape index (κ2) is 60.7. The molecule has 438 valence electrons. The van der Waals surface area contributed by atoms with Gasteiger partial charge in [0, 0.05) is 19.4 Å². The quantitative estimate of drug-likeness (QED) is 0.0264. The summed E-state index contributed by atoms with van der Waals surface area (Å²) in [7, 11) is -4.38. The van der Waals surface area contributed by atoms with Gasteiger partial charge in [0.25, 0.3) is 0 Å². The van der Waals surface area contributed by atoms with Crippen molar-refractivity contribution >= 4 is 19.8 Å². The van der Waals surface area contributed by atoms with Crippen molar-refractivity contribution in [1.29, 1.82) is 0 Å². The largest absolute Gasteiger partial charge is 0.472 e. The van der Waals surface area contributed by atoms with Gasteiger partial charge in [-0.3, -0.25) is 18.6 Å². The average molecular weight is 1070 g/mol. The summed E-state index contributed by atoms with van der Waals surface area (Å²) in [5.74, 6) is -0.821. The normalized spacial score (nSPS) is 13.1. The minimum absolute atomic E-state index is 0.0550. The molecular weight excluding hydrogens is 942 g/mol. The lowest BCUT2D eigenvalue weighted by molar-refractivity contribution is -0.161. The van der Waals surface area contributed by atoms with Crippen molar-refractivity contribution < 1.29 is 37.6 Å². The van der Waals surface area contributed by atoms with Gasteiger partial charge in [0.2, 0.25) is 0 Å². The highest BCUT2D eigenvalue weighted by molar-refractivity contribution is 7.47. The Morgan fingerprint density at radius 3 is 0.959 bits per heavy atom. The Labute approximate surface area is 459 Å². The molecule has 0 saturated carbocycles. The molecule has 0 heterocycles. The minimum Gasteiger partial charge on any atom is -0.462 e. The van der Waals surface area contributed by atoms with Gasteiger partial charge in [0.15, 0.2) is 6.10 Å². The van der Waals surface area contributed by atoms with E-state index >= 15 is 0 Å². The lowest BCUT2D eigenvalue weighted by atomic mass is 10.0. The summed E-state index contributed by atoms with van der Waals surface area (Å²) in [6.45, 7) is 3.77. The zero-order chi connectivity index (χ0) is 53.8. The van der Waals surface area contributed by atoms with E-state index in [1.165, 1.54) is 257 Å². The number of allylic oxidation sites excluding steroid dienone is 4. The molecular formula is C64H124NO8P. The van der Waals surface area contributed by atoms with E-state index in [9.17, 15) is 19.0 Å². The summed E-state index contributed by atoms with van der Waals surface area (Å²) in [4.78, 5) is 35.1. The van der Waals surface area contributed by atoms with Crippen molar-refractivity contribution in [2.24, 2.45) is 5.73 Å². The van der Waals surface area contributed by atoms with Crippen LogP contribution in [0.15, 0.2) is 24.3 Å². The predicted octanol–water partition coefficient (Wildman–Crippen LogP) is 20.6. The van der Waals surface area contributed by atoms with Crippen LogP contribution in [0.1, 0.15) is 341 Å². The number of carbonyl (C=O) groups is 2. The van der Waals surface area contributed by atoms with Gasteiger partial charge in [-0.15, -0.1) is 0 Å². The first kappa shape index (κ1) is 72.5. The third-order valence-electron chi connectivity index (χ3n) is 14.6. The molecule has 0 aliphatic heterocycles. The third-order valence-corrected chi connectivity index (χ3v) is 15.5. The molecule has 0 aliphatic rings. The highest BCUT2D eigenvalue weighted by Gasteiger charge is 2.26. The first-order chi connectivity index (χ1) is 36.3. The van der Waals surface area contributed by atoms with E-state index in [1.54, 1.807) is 0 Å². The number of phosphoric acid groups is 1. The Balaban J connectivity index is 3.72. The number of nitrogens with two attached hydrogens (primary N) is 1. The lowest BCUT2D eigenvalue weighted by Gasteiger charge is -2.19. The van der Waals surface area contributed by atoms with Gasteiger partial charge in [0.1, 0.15) is 6.61 Å². The van der Waals surface area contributed by atoms with Crippen LogP contribution < -0.4 is 5.73 Å². The van der Waals surface area contributed by atoms with Gasteiger partial charge in [0.05, 0.1) is 13.2 Å². The Morgan fingerprint density at radius 1 is 0.392 bits per heavy atom. The number of hydrogen-bond donors (Lipinski definition) is 2. The first-order valence-electron chi connectivity index (χ1n) is 32.3. The number of unbranched alkanes of at least 4 members (excludes halogenated alkanes) is 45. The van der Waals surface area contributed by atoms with Crippen molar-refractivity contribution in [3.05, 3.63) is 24.3 Å². The van der Waals surface area contributed by atoms with Crippen LogP contribution in [0.2, 0.25) is 0 Å². The molecule has 0 amide bonds. The summed E-state index contributed by atoms with van der Waals surface area (Å²) < 4.78 is 33.0. The number of hydrogen-bond acceptors (Lipinski definition) is 8. The van der Waals surface area contributed by atoms with Crippen LogP contribution in [0.3, 0.4) is 0 Å². The molecule has 9 nitrogen and oxygen atoms in total. The summed E-state index contributed by atoms with van der Waals surface area (Å²) in [5, 5.41) is 0. The molecule has 0 aromatic carbocycles. The van der Waals surface area contributed by atoms with Crippen molar-refractivity contribution in [3.8, 4) is 0 Å². The first-order valence-corrected chi connectivity index (χ1v) is 33.8. The van der Waals surface area contributed by atoms with E-state index in [0.29, 0.717) is 6.42 Å². The van der Waals surface area contributed by atoms with Crippen LogP contribution in [-0.2, 0) is 32.7 Å². The molecule has 0 aromatic rings. The molecule has 0 rings (SSSR count). The number of ether oxygens (including phenoxy) is 2. The van der Waals surface area contributed by atoms with Gasteiger partial charge < -0.3 is 20.1 Å². The third kappa shape index (κ3) is 59.7. The van der Waals surface area contributed by atoms with Crippen LogP contribution >= 0.6 is 7.82 Å². The smallest absolute Gasteiger partial charge is 0.462 e. The zero-order valence-electron chi connectivity index (χ0n) is 49.1. The molecule has 0 fully saturated rings. The van der Waals surface area contributed by atoms with Crippen LogP contribution in [0.25, 0.3) is 0 Å². The molecule has 10 heteroatoms. The molecule has 74 heavy (non-hydrogen) atoms. The van der Waals surface area contributed by atoms with Crippen LogP contribution in [0.4, 0.5) is 0 Å². The Kier molecular flexibility index (Phi) is 59.5. The number of carbonyl (C=O) groups excluding carboxylic acids is 2. The summed E-state index contributed by atoms with van der Waals surface area (Å²) in [6.07, 6.45) is 72.9. The summed E-state index contributed by atoms with van der Waals surface area (Å²) in [5.41, 5.74) is 5.38. The van der Waals surface area contributed by atoms with E-state index < -0.39 is 26.5 Å². The van der Waals surface area contributed by atoms with Crippen molar-refractivity contribution in [2.45, 2.75) is 347 Å². The van der Waals surface area contributed by atoms with Crippen LogP contribution in [0, 0.1) is 0 Å². The Bertz CT molecular complexity index is 1260. The zero-order valence-corrected chi connectivity index (χ0v) is 50.0. The maximum absolute atomic E-state index is 12.7. The monoisotopic (exact) mass is 1070 g/mol. The fraction of sp³-hybridized carbons (Fsp3) is 0.906. The average Bonchev–Trinajstić information content (AvgIpc) is 3.39. The van der Waals surface area contributed by atoms with E-state index in [-0.39, 0.29) is 38.6 Å². The molecule has 3 N–H and O–H groups in total. The van der Waals surface area contributed by atoms with E-state index in [2.05, 4.69) is 38.2 Å². The minimum atomic E-state index is -4.38. The maximum atomic E-state index is 12.7. The molecule has 0 radical (unpaired) electrons. The van der Waals surface area contributed by atoms with E-state index in [0.717, 1.165) is 51.4 Å². The second-order valence-corrected chi connectivity index (χ2v) is 23.4. The molecule has 0 saturated heterocycles. The predicted molar refractivity (Wildman–Crippen MR) is 317 cm³/mol. The van der Waals surface area contributed by atoms with Crippen molar-refractivity contribution in [1.82, 2.24) is 0 Å². The fourth-order valence-electron chi connectivity index (χ4n) is 9.75. The van der Waals surface area contributed by atoms with Gasteiger partial charge in [-0.2, -0.15) is 0 Å². The lowest BCUT2D eigenvalue weighted by Crippen LogP contribution is -2.29. The van der Waals surface area contributed by atoms with Gasteiger partial charge in [-0.05, 0) is 64.2 Å². The van der Waals surface area contributed by atoms with Crippen LogP contribution in [0.5, 0.6) is 0 Å². The van der Waals surface area contributed by atoms with Gasteiger partial charge in [-0.1, -0.05) is 289 Å². The number of phosphoric ester groups is 1. The SMILES string of the molecule is CCCCCCC/C=C\CCCCCCCC(=O)OCC(COP(=O)(O)OCCN)OC(=O)CCCCCCCCCCCCCCCCCCCCCCCCCCCCC/C=C\CCCCCCCCCC. The molecule has 0 aromatic heterocycles. The van der Waals surface area contributed by atoms with E-state index in [1.807, 2.05) is 0 Å². The molecule has 2 atom stereocenters. The maximum Gasteiger partial charge on any atom is 0.472 e. The van der Waals surface area contributed by atoms with Crippen molar-refractivity contribution in [2.75, 3.05) is 26.4 Å². The fourth-order valence-corrected chi connectivity index (χ4v) is 10.5. The molecule has 0 spiro atoms. The molecule has 0 bridgehead atoms. The standard InChI is InChI=1S/C64H124NO8P/c1-3-5-7-9-11-13-15-17-19-20-21-22-23-24-25-26-27-28-29-30-31-32-33-34-35-36-37-38-39-40-41-42-43-45-47-49-51-53-55-57-64(67)73-62(61-72-74(68,69)71-59-58-65)60-70-63(66)56-54-52-50-48-46-44-18-16-14-12-10-8-6-4-2/h16,18,20-21,62H,3-15,17,19,22-61,65H2,1-2H3,(H,68,69)/b18-16-,21-20-. The number of rotatable bonds is 62. The topological polar surface area (TPSA) is 134 Å². The highest BCUT2D eigenvalue weighted by atomic mass is 31.2. The van der Waals surface area contributed by atoms with Crippen molar-refractivity contribution in [3.63, 3.8) is 0 Å². The van der Waals surface area contributed by atoms with Gasteiger partial charge in [-0.25, -0.2) is 4.57 Å². The Morgan fingerprint density at radius 2 is 0.662 bits per heavy atom. The van der Waals surface area contributed by atoms with Crippen LogP contribution in [-0.4, -0.2) is 49.3 Å². The summed E-state index contributed by atoms with van der Waals surface area (Å²) in [6, 6.07) is 0. The molecule has 2 unspecified atom stereocenters. The highest BCUT2D eigenvalue weighted by Crippen LogP contribution is 2.43. The number of esters is 2.